The lowest BCUT2D eigenvalue weighted by Crippen LogP contribution is -2.51. The Morgan fingerprint density at radius 2 is 2.06 bits per heavy atom. The normalized spacial score (nSPS) is 34.9. The molecule has 1 saturated carbocycles. The number of hydrogen-bond donors (Lipinski definition) is 0. The highest BCUT2D eigenvalue weighted by molar-refractivity contribution is 5.84. The number of piperidine rings is 1. The van der Waals surface area contributed by atoms with Gasteiger partial charge in [0.2, 0.25) is 0 Å². The standard InChI is InChI=1S/C16H19NO/c18-16-10-15-12-5-2-1-4-11(12)8-9-17(15)14-7-3-6-13(14)16/h1-2,4-5,13-15H,3,6-10H2. The number of Topliss-reactive ketones (excluding diaryl/α,β-unsaturated/α-hetero) is 1. The van der Waals surface area contributed by atoms with Crippen LogP contribution < -0.4 is 0 Å². The molecule has 2 heterocycles. The van der Waals surface area contributed by atoms with Gasteiger partial charge in [0.1, 0.15) is 5.78 Å². The number of carbonyl (C=O) groups excluding carboxylic acids is 1. The van der Waals surface area contributed by atoms with Gasteiger partial charge in [-0.15, -0.1) is 0 Å². The number of hydrogen-bond acceptors (Lipinski definition) is 2. The van der Waals surface area contributed by atoms with Gasteiger partial charge in [0.25, 0.3) is 0 Å². The lowest BCUT2D eigenvalue weighted by atomic mass is 9.80. The van der Waals surface area contributed by atoms with E-state index < -0.39 is 0 Å². The molecule has 0 N–H and O–H groups in total. The number of rotatable bonds is 0. The van der Waals surface area contributed by atoms with Gasteiger partial charge in [-0.1, -0.05) is 30.7 Å². The molecule has 0 amide bonds. The van der Waals surface area contributed by atoms with E-state index in [1.807, 2.05) is 0 Å². The fourth-order valence-corrected chi connectivity index (χ4v) is 4.35. The first-order chi connectivity index (χ1) is 8.84. The summed E-state index contributed by atoms with van der Waals surface area (Å²) in [5.74, 6) is 0.877. The van der Waals surface area contributed by atoms with Gasteiger partial charge in [-0.25, -0.2) is 0 Å². The predicted octanol–water partition coefficient (Wildman–Crippen LogP) is 2.73. The fraction of sp³-hybridized carbons (Fsp3) is 0.562. The minimum Gasteiger partial charge on any atom is -0.299 e. The van der Waals surface area contributed by atoms with Crippen molar-refractivity contribution in [2.24, 2.45) is 5.92 Å². The van der Waals surface area contributed by atoms with E-state index in [2.05, 4.69) is 29.2 Å². The largest absolute Gasteiger partial charge is 0.299 e. The molecule has 2 heteroatoms. The van der Waals surface area contributed by atoms with Crippen molar-refractivity contribution in [2.45, 2.75) is 44.2 Å². The summed E-state index contributed by atoms with van der Waals surface area (Å²) in [7, 11) is 0. The van der Waals surface area contributed by atoms with Crippen LogP contribution in [-0.2, 0) is 11.2 Å². The molecule has 1 aliphatic carbocycles. The molecule has 3 unspecified atom stereocenters. The van der Waals surface area contributed by atoms with Crippen LogP contribution in [0.25, 0.3) is 0 Å². The highest BCUT2D eigenvalue weighted by Crippen LogP contribution is 2.45. The smallest absolute Gasteiger partial charge is 0.139 e. The second-order valence-electron chi connectivity index (χ2n) is 5.98. The van der Waals surface area contributed by atoms with Crippen LogP contribution in [0.1, 0.15) is 42.9 Å². The number of ketones is 1. The van der Waals surface area contributed by atoms with Crippen LogP contribution in [0.15, 0.2) is 24.3 Å². The van der Waals surface area contributed by atoms with Crippen molar-refractivity contribution in [3.63, 3.8) is 0 Å². The van der Waals surface area contributed by atoms with Gasteiger partial charge in [-0.05, 0) is 30.4 Å². The third-order valence-corrected chi connectivity index (χ3v) is 5.17. The zero-order valence-electron chi connectivity index (χ0n) is 10.6. The summed E-state index contributed by atoms with van der Waals surface area (Å²) in [6.45, 7) is 1.15. The topological polar surface area (TPSA) is 20.3 Å². The fourth-order valence-electron chi connectivity index (χ4n) is 4.35. The number of carbonyl (C=O) groups is 1. The van der Waals surface area contributed by atoms with Crippen LogP contribution in [0, 0.1) is 5.92 Å². The molecule has 3 atom stereocenters. The minimum absolute atomic E-state index is 0.353. The van der Waals surface area contributed by atoms with Crippen LogP contribution >= 0.6 is 0 Å². The summed E-state index contributed by atoms with van der Waals surface area (Å²) >= 11 is 0. The minimum atomic E-state index is 0.353. The Bertz CT molecular complexity index is 496. The molecule has 94 valence electrons. The maximum atomic E-state index is 12.3. The van der Waals surface area contributed by atoms with E-state index in [0.29, 0.717) is 23.8 Å². The van der Waals surface area contributed by atoms with E-state index in [1.165, 1.54) is 24.0 Å². The molecule has 1 aromatic rings. The molecule has 2 aliphatic heterocycles. The van der Waals surface area contributed by atoms with Gasteiger partial charge in [0, 0.05) is 31.0 Å². The first-order valence-electron chi connectivity index (χ1n) is 7.21. The van der Waals surface area contributed by atoms with E-state index >= 15 is 0 Å². The van der Waals surface area contributed by atoms with Crippen molar-refractivity contribution in [2.75, 3.05) is 6.54 Å². The Balaban J connectivity index is 1.75. The van der Waals surface area contributed by atoms with Gasteiger partial charge in [0.05, 0.1) is 0 Å². The molecule has 1 saturated heterocycles. The third-order valence-electron chi connectivity index (χ3n) is 5.17. The van der Waals surface area contributed by atoms with Crippen molar-refractivity contribution in [1.29, 1.82) is 0 Å². The Kier molecular flexibility index (Phi) is 2.34. The van der Waals surface area contributed by atoms with Gasteiger partial charge in [0.15, 0.2) is 0 Å². The molecule has 3 aliphatic rings. The Morgan fingerprint density at radius 3 is 3.00 bits per heavy atom. The molecular weight excluding hydrogens is 222 g/mol. The Morgan fingerprint density at radius 1 is 1.17 bits per heavy atom. The summed E-state index contributed by atoms with van der Waals surface area (Å²) in [6.07, 6.45) is 5.51. The zero-order valence-corrected chi connectivity index (χ0v) is 10.6. The van der Waals surface area contributed by atoms with Crippen LogP contribution in [0.2, 0.25) is 0 Å². The summed E-state index contributed by atoms with van der Waals surface area (Å²) in [4.78, 5) is 15.0. The summed E-state index contributed by atoms with van der Waals surface area (Å²) in [6, 6.07) is 9.63. The molecule has 1 aromatic carbocycles. The second-order valence-corrected chi connectivity index (χ2v) is 5.98. The molecular formula is C16H19NO. The summed E-state index contributed by atoms with van der Waals surface area (Å²) < 4.78 is 0. The van der Waals surface area contributed by atoms with E-state index in [4.69, 9.17) is 0 Å². The third kappa shape index (κ3) is 1.42. The van der Waals surface area contributed by atoms with Crippen molar-refractivity contribution in [3.05, 3.63) is 35.4 Å². The average molecular weight is 241 g/mol. The van der Waals surface area contributed by atoms with E-state index in [-0.39, 0.29) is 0 Å². The van der Waals surface area contributed by atoms with Crippen molar-refractivity contribution >= 4 is 5.78 Å². The van der Waals surface area contributed by atoms with Crippen molar-refractivity contribution in [3.8, 4) is 0 Å². The zero-order chi connectivity index (χ0) is 12.1. The van der Waals surface area contributed by atoms with Crippen LogP contribution in [0.5, 0.6) is 0 Å². The molecule has 18 heavy (non-hydrogen) atoms. The molecule has 2 nitrogen and oxygen atoms in total. The van der Waals surface area contributed by atoms with Crippen molar-refractivity contribution < 1.29 is 4.79 Å². The first-order valence-corrected chi connectivity index (χ1v) is 7.21. The summed E-state index contributed by atoms with van der Waals surface area (Å²) in [5, 5.41) is 0. The quantitative estimate of drug-likeness (QED) is 0.696. The summed E-state index contributed by atoms with van der Waals surface area (Å²) in [5.41, 5.74) is 2.88. The van der Waals surface area contributed by atoms with Crippen molar-refractivity contribution in [1.82, 2.24) is 4.90 Å². The molecule has 4 rings (SSSR count). The highest BCUT2D eigenvalue weighted by Gasteiger charge is 2.46. The van der Waals surface area contributed by atoms with E-state index in [1.54, 1.807) is 0 Å². The predicted molar refractivity (Wildman–Crippen MR) is 70.3 cm³/mol. The van der Waals surface area contributed by atoms with Crippen LogP contribution in [-0.4, -0.2) is 23.3 Å². The van der Waals surface area contributed by atoms with Gasteiger partial charge < -0.3 is 0 Å². The molecule has 2 fully saturated rings. The second kappa shape index (κ2) is 3.92. The monoisotopic (exact) mass is 241 g/mol. The SMILES string of the molecule is O=C1CC2c3ccccc3CCN2C2CCCC12. The molecule has 0 bridgehead atoms. The highest BCUT2D eigenvalue weighted by atomic mass is 16.1. The van der Waals surface area contributed by atoms with Gasteiger partial charge in [-0.2, -0.15) is 0 Å². The Hall–Kier alpha value is -1.15. The molecule has 0 aromatic heterocycles. The maximum absolute atomic E-state index is 12.3. The lowest BCUT2D eigenvalue weighted by Gasteiger charge is -2.46. The van der Waals surface area contributed by atoms with E-state index in [9.17, 15) is 4.79 Å². The Labute approximate surface area is 108 Å². The average Bonchev–Trinajstić information content (AvgIpc) is 2.89. The lowest BCUT2D eigenvalue weighted by molar-refractivity contribution is -0.131. The molecule has 0 radical (unpaired) electrons. The molecule has 0 spiro atoms. The number of benzene rings is 1. The van der Waals surface area contributed by atoms with E-state index in [0.717, 1.165) is 25.8 Å². The van der Waals surface area contributed by atoms with Gasteiger partial charge >= 0.3 is 0 Å². The van der Waals surface area contributed by atoms with Crippen LogP contribution in [0.4, 0.5) is 0 Å². The number of nitrogens with zero attached hydrogens (tertiary/aromatic N) is 1. The number of fused-ring (bicyclic) bond motifs is 5. The van der Waals surface area contributed by atoms with Crippen LogP contribution in [0.3, 0.4) is 0 Å². The van der Waals surface area contributed by atoms with Gasteiger partial charge in [-0.3, -0.25) is 9.69 Å². The first kappa shape index (κ1) is 10.7. The maximum Gasteiger partial charge on any atom is 0.139 e.